The van der Waals surface area contributed by atoms with Crippen molar-refractivity contribution in [2.75, 3.05) is 13.7 Å². The first-order chi connectivity index (χ1) is 12.8. The Balaban J connectivity index is 2.52. The van der Waals surface area contributed by atoms with E-state index in [-0.39, 0.29) is 18.1 Å². The van der Waals surface area contributed by atoms with E-state index in [2.05, 4.69) is 10.6 Å². The van der Waals surface area contributed by atoms with Gasteiger partial charge in [0.25, 0.3) is 5.78 Å². The molecule has 1 aromatic carbocycles. The van der Waals surface area contributed by atoms with E-state index in [1.54, 1.807) is 31.2 Å². The second kappa shape index (κ2) is 8.77. The molecule has 0 spiro atoms. The lowest BCUT2D eigenvalue weighted by Crippen LogP contribution is -2.47. The van der Waals surface area contributed by atoms with Crippen molar-refractivity contribution in [1.82, 2.24) is 10.6 Å². The standard InChI is InChI=1S/C19H22N2O5S/c1-5-26-18(24)16(22)13-14(10(2)3)20-19(27)21-15(13)11-6-8-12(9-7-11)17(23)25-4/h6-10,15H,5H2,1-4H3,(H2,20,21,27)/t15-/m0/s1. The van der Waals surface area contributed by atoms with Gasteiger partial charge in [-0.05, 0) is 42.8 Å². The van der Waals surface area contributed by atoms with Gasteiger partial charge >= 0.3 is 11.9 Å². The average molecular weight is 390 g/mol. The third-order valence-corrected chi connectivity index (χ3v) is 4.27. The van der Waals surface area contributed by atoms with E-state index in [0.717, 1.165) is 0 Å². The van der Waals surface area contributed by atoms with Gasteiger partial charge in [0.1, 0.15) is 0 Å². The van der Waals surface area contributed by atoms with Gasteiger partial charge in [-0.25, -0.2) is 9.59 Å². The lowest BCUT2D eigenvalue weighted by atomic mass is 9.88. The van der Waals surface area contributed by atoms with Gasteiger partial charge in [0.2, 0.25) is 0 Å². The van der Waals surface area contributed by atoms with E-state index in [0.29, 0.717) is 21.9 Å². The second-order valence-corrected chi connectivity index (χ2v) is 6.58. The zero-order valence-electron chi connectivity index (χ0n) is 15.6. The molecule has 1 aliphatic rings. The third kappa shape index (κ3) is 4.51. The summed E-state index contributed by atoms with van der Waals surface area (Å²) in [6, 6.07) is 5.92. The topological polar surface area (TPSA) is 93.7 Å². The Morgan fingerprint density at radius 1 is 1.19 bits per heavy atom. The Morgan fingerprint density at radius 2 is 1.81 bits per heavy atom. The summed E-state index contributed by atoms with van der Waals surface area (Å²) in [5.74, 6) is -2.19. The van der Waals surface area contributed by atoms with Crippen LogP contribution in [0, 0.1) is 5.92 Å². The van der Waals surface area contributed by atoms with Crippen LogP contribution < -0.4 is 10.6 Å². The van der Waals surface area contributed by atoms with Gasteiger partial charge in [0, 0.05) is 5.70 Å². The first-order valence-corrected chi connectivity index (χ1v) is 8.92. The molecule has 1 atom stereocenters. The predicted octanol–water partition coefficient (Wildman–Crippen LogP) is 2.03. The number of hydrogen-bond acceptors (Lipinski definition) is 6. The maximum atomic E-state index is 12.8. The van der Waals surface area contributed by atoms with Gasteiger partial charge in [-0.1, -0.05) is 26.0 Å². The number of methoxy groups -OCH3 is 1. The van der Waals surface area contributed by atoms with E-state index in [9.17, 15) is 14.4 Å². The molecule has 27 heavy (non-hydrogen) atoms. The number of nitrogens with one attached hydrogen (secondary N) is 2. The van der Waals surface area contributed by atoms with Crippen LogP contribution in [0.5, 0.6) is 0 Å². The first-order valence-electron chi connectivity index (χ1n) is 8.51. The number of allylic oxidation sites excluding steroid dienone is 1. The molecule has 0 saturated heterocycles. The molecule has 1 heterocycles. The Hall–Kier alpha value is -2.74. The van der Waals surface area contributed by atoms with Crippen LogP contribution in [0.1, 0.15) is 42.7 Å². The Labute approximate surface area is 163 Å². The zero-order valence-corrected chi connectivity index (χ0v) is 16.4. The largest absolute Gasteiger partial charge is 0.465 e. The van der Waals surface area contributed by atoms with Gasteiger partial charge in [-0.15, -0.1) is 0 Å². The zero-order chi connectivity index (χ0) is 20.1. The fourth-order valence-electron chi connectivity index (χ4n) is 2.78. The summed E-state index contributed by atoms with van der Waals surface area (Å²) in [4.78, 5) is 36.5. The van der Waals surface area contributed by atoms with Crippen molar-refractivity contribution in [3.8, 4) is 0 Å². The maximum absolute atomic E-state index is 12.8. The number of thiocarbonyl (C=S) groups is 1. The van der Waals surface area contributed by atoms with Crippen LogP contribution in [-0.4, -0.2) is 36.6 Å². The Bertz CT molecular complexity index is 799. The normalized spacial score (nSPS) is 16.5. The van der Waals surface area contributed by atoms with Gasteiger partial charge < -0.3 is 20.1 Å². The maximum Gasteiger partial charge on any atom is 0.379 e. The van der Waals surface area contributed by atoms with Crippen LogP contribution in [0.15, 0.2) is 35.5 Å². The van der Waals surface area contributed by atoms with E-state index < -0.39 is 23.8 Å². The number of rotatable bonds is 6. The number of ketones is 1. The number of esters is 2. The quantitative estimate of drug-likeness (QED) is 0.433. The van der Waals surface area contributed by atoms with Crippen LogP contribution >= 0.6 is 12.2 Å². The van der Waals surface area contributed by atoms with Crippen LogP contribution in [0.25, 0.3) is 0 Å². The number of hydrogen-bond donors (Lipinski definition) is 2. The summed E-state index contributed by atoms with van der Waals surface area (Å²) in [6.45, 7) is 5.53. The van der Waals surface area contributed by atoms with Gasteiger partial charge in [-0.3, -0.25) is 4.79 Å². The molecule has 2 N–H and O–H groups in total. The van der Waals surface area contributed by atoms with Gasteiger partial charge in [0.15, 0.2) is 5.11 Å². The highest BCUT2D eigenvalue weighted by atomic mass is 32.1. The third-order valence-electron chi connectivity index (χ3n) is 4.05. The first kappa shape index (κ1) is 20.6. The fourth-order valence-corrected chi connectivity index (χ4v) is 3.01. The van der Waals surface area contributed by atoms with Crippen molar-refractivity contribution in [2.24, 2.45) is 5.92 Å². The molecule has 0 unspecified atom stereocenters. The van der Waals surface area contributed by atoms with Crippen molar-refractivity contribution >= 4 is 35.1 Å². The highest BCUT2D eigenvalue weighted by molar-refractivity contribution is 7.80. The summed E-state index contributed by atoms with van der Waals surface area (Å²) in [6.07, 6.45) is 0. The van der Waals surface area contributed by atoms with Crippen molar-refractivity contribution < 1.29 is 23.9 Å². The molecule has 0 radical (unpaired) electrons. The minimum Gasteiger partial charge on any atom is -0.465 e. The van der Waals surface area contributed by atoms with Crippen LogP contribution in [-0.2, 0) is 19.1 Å². The highest BCUT2D eigenvalue weighted by Gasteiger charge is 2.36. The van der Waals surface area contributed by atoms with Crippen LogP contribution in [0.4, 0.5) is 0 Å². The molecule has 0 amide bonds. The molecule has 144 valence electrons. The van der Waals surface area contributed by atoms with Crippen LogP contribution in [0.2, 0.25) is 0 Å². The summed E-state index contributed by atoms with van der Waals surface area (Å²) in [5.41, 5.74) is 1.88. The van der Waals surface area contributed by atoms with Crippen molar-refractivity contribution in [2.45, 2.75) is 26.8 Å². The van der Waals surface area contributed by atoms with Crippen molar-refractivity contribution in [1.29, 1.82) is 0 Å². The summed E-state index contributed by atoms with van der Waals surface area (Å²) >= 11 is 5.26. The van der Waals surface area contributed by atoms with Crippen molar-refractivity contribution in [3.63, 3.8) is 0 Å². The number of carbonyl (C=O) groups is 3. The molecule has 0 saturated carbocycles. The number of ether oxygens (including phenoxy) is 2. The molecule has 0 aromatic heterocycles. The minimum atomic E-state index is -0.918. The van der Waals surface area contributed by atoms with Crippen molar-refractivity contribution in [3.05, 3.63) is 46.7 Å². The predicted molar refractivity (Wildman–Crippen MR) is 103 cm³/mol. The Kier molecular flexibility index (Phi) is 6.68. The molecule has 0 aliphatic carbocycles. The number of Topliss-reactive ketones (excluding diaryl/α,β-unsaturated/α-hetero) is 1. The smallest absolute Gasteiger partial charge is 0.379 e. The molecule has 8 heteroatoms. The van der Waals surface area contributed by atoms with Gasteiger partial charge in [0.05, 0.1) is 30.9 Å². The summed E-state index contributed by atoms with van der Waals surface area (Å²) in [7, 11) is 1.30. The molecule has 1 aromatic rings. The summed E-state index contributed by atoms with van der Waals surface area (Å²) in [5, 5.41) is 6.35. The monoisotopic (exact) mass is 390 g/mol. The Morgan fingerprint density at radius 3 is 2.33 bits per heavy atom. The number of benzene rings is 1. The summed E-state index contributed by atoms with van der Waals surface area (Å²) < 4.78 is 9.58. The van der Waals surface area contributed by atoms with E-state index >= 15 is 0 Å². The van der Waals surface area contributed by atoms with E-state index in [4.69, 9.17) is 21.7 Å². The SMILES string of the molecule is CCOC(=O)C(=O)C1=C(C(C)C)NC(=S)N[C@H]1c1ccc(C(=O)OC)cc1. The minimum absolute atomic E-state index is 0.0738. The fraction of sp³-hybridized carbons (Fsp3) is 0.368. The molecule has 0 fully saturated rings. The lowest BCUT2D eigenvalue weighted by Gasteiger charge is -2.32. The molecular formula is C19H22N2O5S. The molecule has 2 rings (SSSR count). The molecule has 1 aliphatic heterocycles. The molecule has 7 nitrogen and oxygen atoms in total. The highest BCUT2D eigenvalue weighted by Crippen LogP contribution is 2.30. The number of carbonyl (C=O) groups excluding carboxylic acids is 3. The molecule has 0 bridgehead atoms. The van der Waals surface area contributed by atoms with Crippen LogP contribution in [0.3, 0.4) is 0 Å². The van der Waals surface area contributed by atoms with E-state index in [1.807, 2.05) is 13.8 Å². The van der Waals surface area contributed by atoms with Gasteiger partial charge in [-0.2, -0.15) is 0 Å². The average Bonchev–Trinajstić information content (AvgIpc) is 2.66. The second-order valence-electron chi connectivity index (χ2n) is 6.18. The van der Waals surface area contributed by atoms with E-state index in [1.165, 1.54) is 7.11 Å². The molecular weight excluding hydrogens is 368 g/mol. The lowest BCUT2D eigenvalue weighted by molar-refractivity contribution is -0.152.